The Kier molecular flexibility index (Phi) is 5.02. The predicted molar refractivity (Wildman–Crippen MR) is 157 cm³/mol. The molecule has 0 fully saturated rings. The van der Waals surface area contributed by atoms with E-state index < -0.39 is 0 Å². The number of para-hydroxylation sites is 1. The third-order valence-electron chi connectivity index (χ3n) is 7.44. The lowest BCUT2D eigenvalue weighted by Crippen LogP contribution is -2.45. The summed E-state index contributed by atoms with van der Waals surface area (Å²) in [6.45, 7) is 0. The fourth-order valence-corrected chi connectivity index (χ4v) is 5.86. The van der Waals surface area contributed by atoms with Crippen molar-refractivity contribution in [1.82, 2.24) is 10.6 Å². The van der Waals surface area contributed by atoms with E-state index in [1.54, 1.807) is 0 Å². The van der Waals surface area contributed by atoms with Crippen molar-refractivity contribution >= 4 is 61.3 Å². The number of benzene rings is 5. The third kappa shape index (κ3) is 3.62. The Morgan fingerprint density at radius 3 is 2.26 bits per heavy atom. The number of aliphatic imine (C=N–C) groups is 1. The summed E-state index contributed by atoms with van der Waals surface area (Å²) in [5.74, 6) is 0.803. The van der Waals surface area contributed by atoms with Crippen LogP contribution in [0.15, 0.2) is 123 Å². The minimum Gasteiger partial charge on any atom is -0.456 e. The molecule has 1 aliphatic heterocycles. The molecule has 0 radical (unpaired) electrons. The first kappa shape index (κ1) is 22.4. The molecule has 0 spiro atoms. The SMILES string of the molecule is Clc1ccc2c(c1)oc1cccc(C3NC(c4cccc5oc6ccccc6c45)=NC(c4ccccc4)N3)c12. The molecule has 188 valence electrons. The molecule has 8 rings (SSSR count). The Balaban J connectivity index is 1.34. The maximum atomic E-state index is 6.28. The van der Waals surface area contributed by atoms with Gasteiger partial charge >= 0.3 is 0 Å². The van der Waals surface area contributed by atoms with Crippen LogP contribution in [-0.2, 0) is 0 Å². The minimum atomic E-state index is -0.260. The van der Waals surface area contributed by atoms with Crippen molar-refractivity contribution in [3.63, 3.8) is 0 Å². The van der Waals surface area contributed by atoms with E-state index in [9.17, 15) is 0 Å². The normalized spacial score (nSPS) is 17.6. The maximum absolute atomic E-state index is 6.28. The van der Waals surface area contributed by atoms with E-state index >= 15 is 0 Å². The highest BCUT2D eigenvalue weighted by molar-refractivity contribution is 6.31. The fourth-order valence-electron chi connectivity index (χ4n) is 5.70. The molecule has 0 aliphatic carbocycles. The number of hydrogen-bond donors (Lipinski definition) is 2. The van der Waals surface area contributed by atoms with Crippen molar-refractivity contribution < 1.29 is 8.83 Å². The van der Waals surface area contributed by atoms with Crippen molar-refractivity contribution in [3.05, 3.63) is 131 Å². The number of amidine groups is 1. The highest BCUT2D eigenvalue weighted by Gasteiger charge is 2.29. The Hall–Kier alpha value is -4.58. The van der Waals surface area contributed by atoms with Gasteiger partial charge in [0, 0.05) is 43.8 Å². The predicted octanol–water partition coefficient (Wildman–Crippen LogP) is 8.48. The van der Waals surface area contributed by atoms with Crippen molar-refractivity contribution in [2.24, 2.45) is 4.99 Å². The number of fused-ring (bicyclic) bond motifs is 6. The number of halogens is 1. The molecule has 0 saturated heterocycles. The summed E-state index contributed by atoms with van der Waals surface area (Å²) in [6, 6.07) is 36.5. The largest absolute Gasteiger partial charge is 0.456 e. The van der Waals surface area contributed by atoms with E-state index in [1.807, 2.05) is 78.9 Å². The van der Waals surface area contributed by atoms with E-state index in [0.717, 1.165) is 66.4 Å². The number of furan rings is 2. The first-order valence-electron chi connectivity index (χ1n) is 12.9. The van der Waals surface area contributed by atoms with Crippen LogP contribution in [0.1, 0.15) is 29.0 Å². The van der Waals surface area contributed by atoms with E-state index in [2.05, 4.69) is 41.0 Å². The number of hydrogen-bond acceptors (Lipinski definition) is 5. The van der Waals surface area contributed by atoms with Crippen LogP contribution >= 0.6 is 11.6 Å². The van der Waals surface area contributed by atoms with Gasteiger partial charge in [0.05, 0.1) is 0 Å². The highest BCUT2D eigenvalue weighted by atomic mass is 35.5. The second kappa shape index (κ2) is 8.73. The van der Waals surface area contributed by atoms with Crippen LogP contribution in [0.5, 0.6) is 0 Å². The molecule has 39 heavy (non-hydrogen) atoms. The molecule has 0 bridgehead atoms. The average molecular weight is 528 g/mol. The highest BCUT2D eigenvalue weighted by Crippen LogP contribution is 2.38. The van der Waals surface area contributed by atoms with Crippen LogP contribution < -0.4 is 10.6 Å². The van der Waals surface area contributed by atoms with Gasteiger partial charge in [-0.3, -0.25) is 5.32 Å². The van der Waals surface area contributed by atoms with Gasteiger partial charge < -0.3 is 14.2 Å². The molecule has 2 N–H and O–H groups in total. The Morgan fingerprint density at radius 2 is 1.36 bits per heavy atom. The van der Waals surface area contributed by atoms with Crippen molar-refractivity contribution in [3.8, 4) is 0 Å². The Labute approximate surface area is 228 Å². The Morgan fingerprint density at radius 1 is 0.641 bits per heavy atom. The van der Waals surface area contributed by atoms with Gasteiger partial charge in [0.1, 0.15) is 40.5 Å². The number of rotatable bonds is 3. The molecule has 2 unspecified atom stereocenters. The van der Waals surface area contributed by atoms with E-state index in [-0.39, 0.29) is 12.3 Å². The maximum Gasteiger partial charge on any atom is 0.136 e. The zero-order valence-electron chi connectivity index (χ0n) is 20.7. The van der Waals surface area contributed by atoms with Crippen LogP contribution in [0, 0.1) is 0 Å². The van der Waals surface area contributed by atoms with Gasteiger partial charge in [-0.15, -0.1) is 0 Å². The zero-order valence-corrected chi connectivity index (χ0v) is 21.4. The lowest BCUT2D eigenvalue weighted by Gasteiger charge is -2.32. The first-order chi connectivity index (χ1) is 19.2. The standard InChI is InChI=1S/C33H22ClN3O2/c34-20-16-17-22-28(18-20)39-27-15-7-12-24(30(22)27)33-36-31(19-8-2-1-3-9-19)35-32(37-33)23-11-6-14-26-29(23)21-10-4-5-13-25(21)38-26/h1-18,31,33,36H,(H,35,37). The van der Waals surface area contributed by atoms with E-state index in [0.29, 0.717) is 5.02 Å². The van der Waals surface area contributed by atoms with Crippen LogP contribution in [0.25, 0.3) is 43.9 Å². The fraction of sp³-hybridized carbons (Fsp3) is 0.0606. The molecule has 5 aromatic carbocycles. The molecular weight excluding hydrogens is 506 g/mol. The van der Waals surface area contributed by atoms with Crippen LogP contribution in [0.4, 0.5) is 0 Å². The smallest absolute Gasteiger partial charge is 0.136 e. The van der Waals surface area contributed by atoms with Gasteiger partial charge in [-0.25, -0.2) is 4.99 Å². The quantitative estimate of drug-likeness (QED) is 0.242. The molecule has 7 aromatic rings. The lowest BCUT2D eigenvalue weighted by molar-refractivity contribution is 0.411. The zero-order chi connectivity index (χ0) is 25.9. The molecule has 2 aromatic heterocycles. The van der Waals surface area contributed by atoms with Gasteiger partial charge in [-0.05, 0) is 35.9 Å². The molecule has 0 amide bonds. The van der Waals surface area contributed by atoms with Gasteiger partial charge in [0.15, 0.2) is 0 Å². The lowest BCUT2D eigenvalue weighted by atomic mass is 10.0. The van der Waals surface area contributed by atoms with Gasteiger partial charge in [-0.1, -0.05) is 84.4 Å². The molecule has 3 heterocycles. The van der Waals surface area contributed by atoms with Crippen LogP contribution in [-0.4, -0.2) is 5.84 Å². The van der Waals surface area contributed by atoms with Gasteiger partial charge in [0.25, 0.3) is 0 Å². The van der Waals surface area contributed by atoms with Crippen molar-refractivity contribution in [2.45, 2.75) is 12.3 Å². The Bertz CT molecular complexity index is 2060. The second-order valence-corrected chi connectivity index (χ2v) is 10.2. The van der Waals surface area contributed by atoms with Gasteiger partial charge in [0.2, 0.25) is 0 Å². The summed E-state index contributed by atoms with van der Waals surface area (Å²) >= 11 is 6.28. The summed E-state index contributed by atoms with van der Waals surface area (Å²) in [6.07, 6.45) is -0.500. The van der Waals surface area contributed by atoms with Crippen LogP contribution in [0.2, 0.25) is 5.02 Å². The summed E-state index contributed by atoms with van der Waals surface area (Å²) in [5, 5.41) is 12.3. The summed E-state index contributed by atoms with van der Waals surface area (Å²) in [7, 11) is 0. The van der Waals surface area contributed by atoms with E-state index in [4.69, 9.17) is 25.4 Å². The summed E-state index contributed by atoms with van der Waals surface area (Å²) in [4.78, 5) is 5.19. The molecule has 0 saturated carbocycles. The average Bonchev–Trinajstić information content (AvgIpc) is 3.55. The number of nitrogens with one attached hydrogen (secondary N) is 2. The molecule has 2 atom stereocenters. The molecule has 6 heteroatoms. The van der Waals surface area contributed by atoms with Crippen molar-refractivity contribution in [1.29, 1.82) is 0 Å². The van der Waals surface area contributed by atoms with E-state index in [1.165, 1.54) is 0 Å². The summed E-state index contributed by atoms with van der Waals surface area (Å²) in [5.41, 5.74) is 6.44. The molecule has 5 nitrogen and oxygen atoms in total. The molecular formula is C33H22ClN3O2. The summed E-state index contributed by atoms with van der Waals surface area (Å²) < 4.78 is 12.4. The van der Waals surface area contributed by atoms with Gasteiger partial charge in [-0.2, -0.15) is 0 Å². The topological polar surface area (TPSA) is 62.7 Å². The monoisotopic (exact) mass is 527 g/mol. The van der Waals surface area contributed by atoms with Crippen LogP contribution in [0.3, 0.4) is 0 Å². The number of nitrogens with zero attached hydrogens (tertiary/aromatic N) is 1. The minimum absolute atomic E-state index is 0.240. The van der Waals surface area contributed by atoms with Crippen molar-refractivity contribution in [2.75, 3.05) is 0 Å². The first-order valence-corrected chi connectivity index (χ1v) is 13.3. The third-order valence-corrected chi connectivity index (χ3v) is 7.67. The second-order valence-electron chi connectivity index (χ2n) is 9.77. The molecule has 1 aliphatic rings.